The van der Waals surface area contributed by atoms with Crippen LogP contribution in [0.4, 0.5) is 0 Å². The summed E-state index contributed by atoms with van der Waals surface area (Å²) in [5.41, 5.74) is 0.847. The van der Waals surface area contributed by atoms with Crippen molar-refractivity contribution in [2.24, 2.45) is 10.8 Å². The van der Waals surface area contributed by atoms with E-state index in [0.717, 1.165) is 16.8 Å². The molecule has 0 aromatic rings. The van der Waals surface area contributed by atoms with Crippen molar-refractivity contribution in [3.63, 3.8) is 0 Å². The number of hydrogen-bond donors (Lipinski definition) is 0. The molecule has 0 radical (unpaired) electrons. The molecule has 64 valence electrons. The van der Waals surface area contributed by atoms with Gasteiger partial charge in [-0.05, 0) is 23.7 Å². The summed E-state index contributed by atoms with van der Waals surface area (Å²) in [6.07, 6.45) is 2.21. The number of hydrogen-bond acceptors (Lipinski definition) is 0. The molecule has 0 heterocycles. The zero-order valence-corrected chi connectivity index (χ0v) is 9.43. The van der Waals surface area contributed by atoms with Gasteiger partial charge in [-0.1, -0.05) is 48.0 Å². The lowest BCUT2D eigenvalue weighted by Gasteiger charge is -2.16. The number of alkyl halides is 1. The zero-order valence-electron chi connectivity index (χ0n) is 7.08. The Hall–Kier alpha value is 0.510. The van der Waals surface area contributed by atoms with E-state index in [0.29, 0.717) is 10.8 Å². The average molecular weight is 238 g/mol. The maximum atomic E-state index is 5.79. The molecule has 1 aliphatic rings. The molecular weight excluding hydrogens is 223 g/mol. The molecule has 0 aliphatic heterocycles. The van der Waals surface area contributed by atoms with Crippen molar-refractivity contribution in [2.75, 3.05) is 5.33 Å². The first kappa shape index (κ1) is 9.60. The second-order valence-electron chi connectivity index (χ2n) is 4.17. The molecule has 0 bridgehead atoms. The minimum atomic E-state index is 0.395. The van der Waals surface area contributed by atoms with E-state index >= 15 is 0 Å². The normalized spacial score (nSPS) is 33.5. The third kappa shape index (κ3) is 1.65. The zero-order chi connectivity index (χ0) is 8.70. The Morgan fingerprint density at radius 1 is 1.64 bits per heavy atom. The fraction of sp³-hybridized carbons (Fsp3) is 0.778. The molecule has 0 aromatic carbocycles. The minimum Gasteiger partial charge on any atom is -0.0922 e. The Bertz CT molecular complexity index is 186. The Labute approximate surface area is 82.1 Å². The van der Waals surface area contributed by atoms with E-state index < -0.39 is 0 Å². The summed E-state index contributed by atoms with van der Waals surface area (Å²) in [4.78, 5) is 0. The van der Waals surface area contributed by atoms with Crippen LogP contribution in [0.2, 0.25) is 0 Å². The number of allylic oxidation sites excluding steroid dienone is 1. The van der Waals surface area contributed by atoms with Crippen molar-refractivity contribution in [2.45, 2.75) is 26.7 Å². The molecule has 1 rings (SSSR count). The summed E-state index contributed by atoms with van der Waals surface area (Å²) >= 11 is 9.33. The van der Waals surface area contributed by atoms with Crippen LogP contribution in [0, 0.1) is 10.8 Å². The molecule has 1 saturated carbocycles. The van der Waals surface area contributed by atoms with E-state index in [9.17, 15) is 0 Å². The second-order valence-corrected chi connectivity index (χ2v) is 5.26. The third-order valence-corrected chi connectivity index (χ3v) is 4.08. The largest absolute Gasteiger partial charge is 0.0922 e. The van der Waals surface area contributed by atoms with E-state index in [1.165, 1.54) is 6.42 Å². The molecule has 1 fully saturated rings. The molecule has 2 heteroatoms. The van der Waals surface area contributed by atoms with Gasteiger partial charge >= 0.3 is 0 Å². The molecule has 1 unspecified atom stereocenters. The smallest absolute Gasteiger partial charge is 0.0115 e. The molecular formula is C9H14BrCl. The van der Waals surface area contributed by atoms with Crippen molar-refractivity contribution in [1.29, 1.82) is 0 Å². The SMILES string of the molecule is C=C(Cl)CC1(CBr)CC1(C)C. The lowest BCUT2D eigenvalue weighted by Crippen LogP contribution is -2.10. The highest BCUT2D eigenvalue weighted by Crippen LogP contribution is 2.67. The molecule has 1 aliphatic carbocycles. The van der Waals surface area contributed by atoms with Gasteiger partial charge in [-0.2, -0.15) is 0 Å². The van der Waals surface area contributed by atoms with Gasteiger partial charge in [-0.25, -0.2) is 0 Å². The summed E-state index contributed by atoms with van der Waals surface area (Å²) in [5.74, 6) is 0. The number of rotatable bonds is 3. The van der Waals surface area contributed by atoms with Gasteiger partial charge in [0.25, 0.3) is 0 Å². The summed E-state index contributed by atoms with van der Waals surface area (Å²) in [7, 11) is 0. The average Bonchev–Trinajstić information content (AvgIpc) is 2.33. The Kier molecular flexibility index (Phi) is 2.42. The van der Waals surface area contributed by atoms with Gasteiger partial charge in [0, 0.05) is 10.4 Å². The van der Waals surface area contributed by atoms with E-state index in [4.69, 9.17) is 11.6 Å². The summed E-state index contributed by atoms with van der Waals surface area (Å²) in [6, 6.07) is 0. The van der Waals surface area contributed by atoms with Crippen LogP contribution in [0.15, 0.2) is 11.6 Å². The quantitative estimate of drug-likeness (QED) is 0.652. The van der Waals surface area contributed by atoms with Gasteiger partial charge in [0.1, 0.15) is 0 Å². The van der Waals surface area contributed by atoms with Gasteiger partial charge in [0.05, 0.1) is 0 Å². The standard InChI is InChI=1S/C9H14BrCl/c1-7(11)4-9(6-10)5-8(9,2)3/h1,4-6H2,2-3H3. The van der Waals surface area contributed by atoms with Gasteiger partial charge in [0.2, 0.25) is 0 Å². The number of halogens is 2. The minimum absolute atomic E-state index is 0.395. The van der Waals surface area contributed by atoms with Gasteiger partial charge < -0.3 is 0 Å². The topological polar surface area (TPSA) is 0 Å². The van der Waals surface area contributed by atoms with E-state index in [2.05, 4.69) is 36.4 Å². The Balaban J connectivity index is 2.60. The molecule has 1 atom stereocenters. The van der Waals surface area contributed by atoms with Crippen LogP contribution in [0.25, 0.3) is 0 Å². The lowest BCUT2D eigenvalue weighted by molar-refractivity contribution is 0.431. The molecule has 11 heavy (non-hydrogen) atoms. The van der Waals surface area contributed by atoms with Crippen LogP contribution < -0.4 is 0 Å². The highest BCUT2D eigenvalue weighted by atomic mass is 79.9. The van der Waals surface area contributed by atoms with Crippen LogP contribution in [0.1, 0.15) is 26.7 Å². The van der Waals surface area contributed by atoms with Gasteiger partial charge in [0.15, 0.2) is 0 Å². The van der Waals surface area contributed by atoms with Crippen LogP contribution in [0.5, 0.6) is 0 Å². The van der Waals surface area contributed by atoms with Crippen LogP contribution in [-0.2, 0) is 0 Å². The maximum absolute atomic E-state index is 5.79. The fourth-order valence-electron chi connectivity index (χ4n) is 1.75. The maximum Gasteiger partial charge on any atom is 0.0115 e. The van der Waals surface area contributed by atoms with Crippen molar-refractivity contribution in [1.82, 2.24) is 0 Å². The molecule has 0 spiro atoms. The highest BCUT2D eigenvalue weighted by Gasteiger charge is 2.59. The first-order valence-corrected chi connectivity index (χ1v) is 5.33. The van der Waals surface area contributed by atoms with Gasteiger partial charge in [-0.3, -0.25) is 0 Å². The first-order chi connectivity index (χ1) is 4.93. The Morgan fingerprint density at radius 3 is 2.18 bits per heavy atom. The fourth-order valence-corrected chi connectivity index (χ4v) is 3.16. The van der Waals surface area contributed by atoms with Crippen LogP contribution >= 0.6 is 27.5 Å². The van der Waals surface area contributed by atoms with Crippen molar-refractivity contribution in [3.05, 3.63) is 11.6 Å². The molecule has 0 amide bonds. The molecule has 0 aromatic heterocycles. The summed E-state index contributed by atoms with van der Waals surface area (Å²) < 4.78 is 0. The molecule has 0 N–H and O–H groups in total. The summed E-state index contributed by atoms with van der Waals surface area (Å²) in [6.45, 7) is 8.31. The lowest BCUT2D eigenvalue weighted by atomic mass is 9.94. The van der Waals surface area contributed by atoms with Crippen LogP contribution in [-0.4, -0.2) is 5.33 Å². The molecule has 0 saturated heterocycles. The molecule has 0 nitrogen and oxygen atoms in total. The van der Waals surface area contributed by atoms with E-state index in [-0.39, 0.29) is 0 Å². The predicted octanol–water partition coefficient (Wildman–Crippen LogP) is 3.94. The van der Waals surface area contributed by atoms with Crippen molar-refractivity contribution in [3.8, 4) is 0 Å². The first-order valence-electron chi connectivity index (χ1n) is 3.83. The van der Waals surface area contributed by atoms with Crippen molar-refractivity contribution >= 4 is 27.5 Å². The summed E-state index contributed by atoms with van der Waals surface area (Å²) in [5, 5.41) is 1.83. The van der Waals surface area contributed by atoms with E-state index in [1.807, 2.05) is 0 Å². The Morgan fingerprint density at radius 2 is 2.09 bits per heavy atom. The predicted molar refractivity (Wildman–Crippen MR) is 54.2 cm³/mol. The van der Waals surface area contributed by atoms with Crippen LogP contribution in [0.3, 0.4) is 0 Å². The van der Waals surface area contributed by atoms with E-state index in [1.54, 1.807) is 0 Å². The second kappa shape index (κ2) is 2.77. The highest BCUT2D eigenvalue weighted by molar-refractivity contribution is 9.09. The monoisotopic (exact) mass is 236 g/mol. The van der Waals surface area contributed by atoms with Gasteiger partial charge in [-0.15, -0.1) is 0 Å². The third-order valence-electron chi connectivity index (χ3n) is 2.88. The van der Waals surface area contributed by atoms with Crippen molar-refractivity contribution < 1.29 is 0 Å².